The summed E-state index contributed by atoms with van der Waals surface area (Å²) in [6, 6.07) is 0. The number of esters is 2. The maximum absolute atomic E-state index is 12.8. The van der Waals surface area contributed by atoms with E-state index in [1.54, 1.807) is 0 Å². The Bertz CT molecular complexity index is 1430. The van der Waals surface area contributed by atoms with E-state index in [2.05, 4.69) is 38.2 Å². The number of hydrogen-bond acceptors (Lipinski definition) is 8. The summed E-state index contributed by atoms with van der Waals surface area (Å²) < 4.78 is 33.2. The van der Waals surface area contributed by atoms with Crippen LogP contribution in [0.25, 0.3) is 0 Å². The number of carbonyl (C=O) groups excluding carboxylic acids is 2. The minimum absolute atomic E-state index is 0.0576. The molecule has 0 fully saturated rings. The van der Waals surface area contributed by atoms with Crippen molar-refractivity contribution in [3.63, 3.8) is 0 Å². The maximum atomic E-state index is 12.8. The Hall–Kier alpha value is -1.51. The summed E-state index contributed by atoms with van der Waals surface area (Å²) >= 11 is 0. The van der Waals surface area contributed by atoms with Crippen LogP contribution in [0.1, 0.15) is 406 Å². The summed E-state index contributed by atoms with van der Waals surface area (Å²) in [5, 5.41) is 0. The Kier molecular flexibility index (Phi) is 69.3. The predicted octanol–water partition coefficient (Wildman–Crippen LogP) is 24.5. The SMILES string of the molecule is CCCCCCC/C=C\C/C=C\CCCCCCCCCCCCCCCCCCCCCCCCCCCC(=O)OC(COC(=O)CCCCCCCCCCCCCCCCCCCCCCCCCCCC)COP(=O)(O)OCCN. The lowest BCUT2D eigenvalue weighted by atomic mass is 10.0. The first kappa shape index (κ1) is 82.5. The zero-order chi connectivity index (χ0) is 60.9. The van der Waals surface area contributed by atoms with E-state index in [0.717, 1.165) is 38.5 Å². The molecule has 0 aliphatic rings. The molecule has 0 rings (SSSR count). The van der Waals surface area contributed by atoms with Gasteiger partial charge in [-0.05, 0) is 44.9 Å². The highest BCUT2D eigenvalue weighted by Gasteiger charge is 2.26. The molecule has 0 aromatic carbocycles. The average Bonchev–Trinajstić information content (AvgIpc) is 3.58. The second-order valence-corrected chi connectivity index (χ2v) is 27.0. The second-order valence-electron chi connectivity index (χ2n) is 25.5. The predicted molar refractivity (Wildman–Crippen MR) is 363 cm³/mol. The highest BCUT2D eigenvalue weighted by Crippen LogP contribution is 2.43. The van der Waals surface area contributed by atoms with Gasteiger partial charge in [-0.2, -0.15) is 0 Å². The Morgan fingerprint density at radius 3 is 0.905 bits per heavy atom. The molecular formula is C74H144NO8P. The van der Waals surface area contributed by atoms with Crippen molar-refractivity contribution in [3.05, 3.63) is 24.3 Å². The van der Waals surface area contributed by atoms with Gasteiger partial charge >= 0.3 is 19.8 Å². The molecule has 0 bridgehead atoms. The molecule has 0 saturated heterocycles. The summed E-state index contributed by atoms with van der Waals surface area (Å²) in [4.78, 5) is 35.4. The number of hydrogen-bond donors (Lipinski definition) is 2. The van der Waals surface area contributed by atoms with Crippen molar-refractivity contribution in [1.29, 1.82) is 0 Å². The lowest BCUT2D eigenvalue weighted by Crippen LogP contribution is -2.29. The molecule has 2 unspecified atom stereocenters. The van der Waals surface area contributed by atoms with E-state index in [4.69, 9.17) is 24.3 Å². The van der Waals surface area contributed by atoms with Crippen LogP contribution in [0, 0.1) is 0 Å². The molecule has 0 spiro atoms. The van der Waals surface area contributed by atoms with Crippen LogP contribution in [-0.2, 0) is 32.7 Å². The van der Waals surface area contributed by atoms with Crippen LogP contribution in [0.3, 0.4) is 0 Å². The summed E-state index contributed by atoms with van der Waals surface area (Å²) in [6.07, 6.45) is 87.3. The number of phosphoric ester groups is 1. The fraction of sp³-hybridized carbons (Fsp3) is 0.919. The molecule has 84 heavy (non-hydrogen) atoms. The number of rotatable bonds is 72. The first-order valence-electron chi connectivity index (χ1n) is 37.3. The van der Waals surface area contributed by atoms with Gasteiger partial charge in [-0.1, -0.05) is 372 Å². The molecule has 0 aliphatic heterocycles. The quantitative estimate of drug-likeness (QED) is 0.0264. The fourth-order valence-electron chi connectivity index (χ4n) is 11.6. The van der Waals surface area contributed by atoms with E-state index in [-0.39, 0.29) is 38.6 Å². The van der Waals surface area contributed by atoms with Crippen molar-refractivity contribution in [2.75, 3.05) is 26.4 Å². The molecule has 0 aromatic rings. The summed E-state index contributed by atoms with van der Waals surface area (Å²) in [7, 11) is -4.39. The van der Waals surface area contributed by atoms with Crippen LogP contribution in [0.4, 0.5) is 0 Å². The normalized spacial score (nSPS) is 13.0. The Morgan fingerprint density at radius 1 is 0.357 bits per heavy atom. The molecule has 0 aliphatic carbocycles. The Labute approximate surface area is 522 Å². The van der Waals surface area contributed by atoms with Crippen LogP contribution < -0.4 is 5.73 Å². The van der Waals surface area contributed by atoms with Crippen molar-refractivity contribution in [2.45, 2.75) is 412 Å². The van der Waals surface area contributed by atoms with Crippen molar-refractivity contribution in [2.24, 2.45) is 5.73 Å². The van der Waals surface area contributed by atoms with Gasteiger partial charge in [0.05, 0.1) is 13.2 Å². The van der Waals surface area contributed by atoms with Gasteiger partial charge in [-0.15, -0.1) is 0 Å². The molecule has 2 atom stereocenters. The third kappa shape index (κ3) is 69.6. The smallest absolute Gasteiger partial charge is 0.462 e. The zero-order valence-electron chi connectivity index (χ0n) is 56.2. The third-order valence-corrected chi connectivity index (χ3v) is 18.1. The van der Waals surface area contributed by atoms with Crippen molar-refractivity contribution >= 4 is 19.8 Å². The summed E-state index contributed by atoms with van der Waals surface area (Å²) in [5.41, 5.74) is 5.41. The first-order valence-corrected chi connectivity index (χ1v) is 38.8. The van der Waals surface area contributed by atoms with Crippen LogP contribution in [0.5, 0.6) is 0 Å². The maximum Gasteiger partial charge on any atom is 0.472 e. The van der Waals surface area contributed by atoms with Crippen molar-refractivity contribution < 1.29 is 37.6 Å². The van der Waals surface area contributed by atoms with E-state index < -0.39 is 26.5 Å². The molecule has 498 valence electrons. The van der Waals surface area contributed by atoms with Gasteiger partial charge in [-0.25, -0.2) is 4.57 Å². The number of phosphoric acid groups is 1. The van der Waals surface area contributed by atoms with Crippen LogP contribution in [0.15, 0.2) is 24.3 Å². The van der Waals surface area contributed by atoms with E-state index in [1.165, 1.54) is 334 Å². The molecule has 0 heterocycles. The molecule has 0 aromatic heterocycles. The fourth-order valence-corrected chi connectivity index (χ4v) is 12.3. The number of unbranched alkanes of at least 4 members (excludes halogenated alkanes) is 55. The van der Waals surface area contributed by atoms with Gasteiger partial charge in [0, 0.05) is 19.4 Å². The van der Waals surface area contributed by atoms with Crippen LogP contribution in [-0.4, -0.2) is 49.3 Å². The lowest BCUT2D eigenvalue weighted by molar-refractivity contribution is -0.161. The van der Waals surface area contributed by atoms with E-state index >= 15 is 0 Å². The molecule has 3 N–H and O–H groups in total. The molecule has 9 nitrogen and oxygen atoms in total. The van der Waals surface area contributed by atoms with Crippen molar-refractivity contribution in [3.8, 4) is 0 Å². The van der Waals surface area contributed by atoms with Gasteiger partial charge in [0.1, 0.15) is 6.61 Å². The zero-order valence-corrected chi connectivity index (χ0v) is 57.1. The Balaban J connectivity index is 3.76. The summed E-state index contributed by atoms with van der Waals surface area (Å²) in [5.74, 6) is -0.799. The van der Waals surface area contributed by atoms with Gasteiger partial charge in [0.15, 0.2) is 6.10 Å². The van der Waals surface area contributed by atoms with E-state index in [1.807, 2.05) is 0 Å². The minimum Gasteiger partial charge on any atom is -0.462 e. The van der Waals surface area contributed by atoms with E-state index in [0.29, 0.717) is 6.42 Å². The highest BCUT2D eigenvalue weighted by atomic mass is 31.2. The number of carbonyl (C=O) groups is 2. The van der Waals surface area contributed by atoms with Gasteiger partial charge in [0.25, 0.3) is 0 Å². The largest absolute Gasteiger partial charge is 0.472 e. The average molecular weight is 1210 g/mol. The van der Waals surface area contributed by atoms with Gasteiger partial charge in [0.2, 0.25) is 0 Å². The number of nitrogens with two attached hydrogens (primary N) is 1. The topological polar surface area (TPSA) is 134 Å². The number of ether oxygens (including phenoxy) is 2. The first-order chi connectivity index (χ1) is 41.3. The Morgan fingerprint density at radius 2 is 0.619 bits per heavy atom. The second kappa shape index (κ2) is 70.6. The lowest BCUT2D eigenvalue weighted by Gasteiger charge is -2.19. The molecule has 0 radical (unpaired) electrons. The highest BCUT2D eigenvalue weighted by molar-refractivity contribution is 7.47. The van der Waals surface area contributed by atoms with Crippen LogP contribution >= 0.6 is 7.82 Å². The standard InChI is InChI=1S/C74H144NO8P/c1-3-5-7-9-11-13-15-17-19-21-23-25-27-29-31-32-33-34-35-36-37-38-39-40-41-43-45-47-49-51-53-55-57-59-61-63-65-67-74(77)83-72(71-82-84(78,79)81-69-68-75)70-80-73(76)66-64-62-60-58-56-54-52-50-48-46-44-42-30-28-26-24-22-20-18-16-14-12-10-8-6-4-2/h15,17,21,23,72H,3-14,16,18-20,22,24-71,75H2,1-2H3,(H,78,79)/b17-15-,23-21-. The van der Waals surface area contributed by atoms with Crippen molar-refractivity contribution in [1.82, 2.24) is 0 Å². The van der Waals surface area contributed by atoms with E-state index in [9.17, 15) is 19.0 Å². The third-order valence-electron chi connectivity index (χ3n) is 17.1. The number of allylic oxidation sites excluding steroid dienone is 4. The molecule has 0 amide bonds. The van der Waals surface area contributed by atoms with Gasteiger partial charge in [-0.3, -0.25) is 18.6 Å². The molecular weight excluding hydrogens is 1060 g/mol. The summed E-state index contributed by atoms with van der Waals surface area (Å²) in [6.45, 7) is 3.82. The molecule has 10 heteroatoms. The minimum atomic E-state index is -4.39. The van der Waals surface area contributed by atoms with Crippen LogP contribution in [0.2, 0.25) is 0 Å². The van der Waals surface area contributed by atoms with Gasteiger partial charge < -0.3 is 20.1 Å². The molecule has 0 saturated carbocycles. The monoisotopic (exact) mass is 1210 g/mol.